The molecule has 3 aromatic rings. The summed E-state index contributed by atoms with van der Waals surface area (Å²) in [6, 6.07) is 26.5. The molecule has 0 aromatic heterocycles. The van der Waals surface area contributed by atoms with Crippen molar-refractivity contribution in [1.29, 1.82) is 0 Å². The smallest absolute Gasteiger partial charge is 0.0590 e. The first-order chi connectivity index (χ1) is 14.5. The molecule has 2 nitrogen and oxygen atoms in total. The lowest BCUT2D eigenvalue weighted by Gasteiger charge is -2.29. The van der Waals surface area contributed by atoms with E-state index in [9.17, 15) is 8.42 Å². The molecule has 0 spiro atoms. The Kier molecular flexibility index (Phi) is 7.35. The average Bonchev–Trinajstić information content (AvgIpc) is 2.73. The van der Waals surface area contributed by atoms with Gasteiger partial charge in [-0.25, -0.2) is 0 Å². The maximum Gasteiger partial charge on any atom is 0.0590 e. The Balaban J connectivity index is 2.41. The van der Waals surface area contributed by atoms with Crippen LogP contribution in [0, 0.1) is 0 Å². The lowest BCUT2D eigenvalue weighted by molar-refractivity contribution is 0.647. The van der Waals surface area contributed by atoms with Crippen molar-refractivity contribution in [3.8, 4) is 0 Å². The highest BCUT2D eigenvalue weighted by atomic mass is 32.2. The molecule has 5 heteroatoms. The number of hydrogen-bond donors (Lipinski definition) is 0. The lowest BCUT2D eigenvalue weighted by atomic mass is 10.3. The molecule has 0 saturated heterocycles. The van der Waals surface area contributed by atoms with Gasteiger partial charge in [0.05, 0.1) is 21.6 Å². The van der Waals surface area contributed by atoms with Crippen LogP contribution in [0.25, 0.3) is 0 Å². The molecule has 0 heterocycles. The zero-order valence-electron chi connectivity index (χ0n) is 19.1. The minimum Gasteiger partial charge on any atom is -0.254 e. The highest BCUT2D eigenvalue weighted by Crippen LogP contribution is 2.39. The van der Waals surface area contributed by atoms with Crippen molar-refractivity contribution in [2.75, 3.05) is 0 Å². The SMILES string of the molecule is CC(C)(C)S(=O)c1cccc(S(=O)C(C)(C)C)c1P(c1ccccc1)c1ccccc1. The minimum absolute atomic E-state index is 0.426. The summed E-state index contributed by atoms with van der Waals surface area (Å²) in [5.74, 6) is 0. The van der Waals surface area contributed by atoms with E-state index >= 15 is 0 Å². The van der Waals surface area contributed by atoms with Gasteiger partial charge in [0.2, 0.25) is 0 Å². The van der Waals surface area contributed by atoms with E-state index in [4.69, 9.17) is 0 Å². The van der Waals surface area contributed by atoms with Crippen LogP contribution >= 0.6 is 7.92 Å². The summed E-state index contributed by atoms with van der Waals surface area (Å²) in [7, 11) is -3.54. The standard InChI is InChI=1S/C26H31O2PS2/c1-25(2,3)30(27)22-18-13-19-23(31(28)26(4,5)6)24(22)29(20-14-9-7-10-15-20)21-16-11-8-12-17-21/h7-19H,1-6H3. The fourth-order valence-corrected chi connectivity index (χ4v) is 8.99. The second-order valence-electron chi connectivity index (χ2n) is 9.37. The van der Waals surface area contributed by atoms with Gasteiger partial charge in [0.15, 0.2) is 0 Å². The van der Waals surface area contributed by atoms with Gasteiger partial charge in [0.25, 0.3) is 0 Å². The van der Waals surface area contributed by atoms with Gasteiger partial charge in [-0.05, 0) is 72.2 Å². The number of benzene rings is 3. The molecule has 31 heavy (non-hydrogen) atoms. The molecule has 3 rings (SSSR count). The molecule has 0 aliphatic carbocycles. The maximum absolute atomic E-state index is 13.7. The fourth-order valence-electron chi connectivity index (χ4n) is 3.24. The summed E-state index contributed by atoms with van der Waals surface area (Å²) in [6.45, 7) is 12.0. The lowest BCUT2D eigenvalue weighted by Crippen LogP contribution is -2.34. The van der Waals surface area contributed by atoms with E-state index < -0.39 is 39.0 Å². The van der Waals surface area contributed by atoms with Crippen molar-refractivity contribution < 1.29 is 8.42 Å². The van der Waals surface area contributed by atoms with Crippen molar-refractivity contribution in [2.45, 2.75) is 60.8 Å². The normalized spacial score (nSPS) is 14.4. The Labute approximate surface area is 193 Å². The molecule has 0 aliphatic rings. The van der Waals surface area contributed by atoms with Crippen LogP contribution in [-0.2, 0) is 21.6 Å². The van der Waals surface area contributed by atoms with E-state index in [0.29, 0.717) is 0 Å². The van der Waals surface area contributed by atoms with E-state index in [1.807, 2.05) is 96.1 Å². The van der Waals surface area contributed by atoms with Crippen molar-refractivity contribution in [2.24, 2.45) is 0 Å². The van der Waals surface area contributed by atoms with Gasteiger partial charge < -0.3 is 0 Å². The van der Waals surface area contributed by atoms with Gasteiger partial charge in [-0.3, -0.25) is 8.42 Å². The summed E-state index contributed by atoms with van der Waals surface area (Å²) in [5.41, 5.74) is 0. The molecule has 164 valence electrons. The van der Waals surface area contributed by atoms with Gasteiger partial charge >= 0.3 is 0 Å². The van der Waals surface area contributed by atoms with Crippen LogP contribution in [0.3, 0.4) is 0 Å². The predicted molar refractivity (Wildman–Crippen MR) is 137 cm³/mol. The second kappa shape index (κ2) is 9.48. The van der Waals surface area contributed by atoms with Crippen LogP contribution in [0.5, 0.6) is 0 Å². The second-order valence-corrected chi connectivity index (χ2v) is 15.9. The third kappa shape index (κ3) is 5.42. The Morgan fingerprint density at radius 2 is 0.903 bits per heavy atom. The first-order valence-corrected chi connectivity index (χ1v) is 14.0. The Bertz CT molecular complexity index is 998. The molecule has 0 aliphatic heterocycles. The van der Waals surface area contributed by atoms with Crippen molar-refractivity contribution in [3.63, 3.8) is 0 Å². The van der Waals surface area contributed by atoms with Gasteiger partial charge in [-0.15, -0.1) is 0 Å². The number of rotatable bonds is 5. The molecule has 2 unspecified atom stereocenters. The van der Waals surface area contributed by atoms with Crippen molar-refractivity contribution >= 4 is 45.4 Å². The fraction of sp³-hybridized carbons (Fsp3) is 0.308. The van der Waals surface area contributed by atoms with Gasteiger partial charge in [-0.2, -0.15) is 0 Å². The van der Waals surface area contributed by atoms with Crippen molar-refractivity contribution in [1.82, 2.24) is 0 Å². The highest BCUT2D eigenvalue weighted by Gasteiger charge is 2.33. The molecule has 0 N–H and O–H groups in total. The van der Waals surface area contributed by atoms with Crippen LogP contribution in [0.1, 0.15) is 41.5 Å². The van der Waals surface area contributed by atoms with Crippen molar-refractivity contribution in [3.05, 3.63) is 78.9 Å². The summed E-state index contributed by atoms with van der Waals surface area (Å²) >= 11 is 0. The molecular weight excluding hydrogens is 439 g/mol. The van der Waals surface area contributed by atoms with E-state index in [-0.39, 0.29) is 0 Å². The third-order valence-corrected chi connectivity index (χ3v) is 11.3. The molecule has 0 fully saturated rings. The van der Waals surface area contributed by atoms with Gasteiger partial charge in [-0.1, -0.05) is 66.7 Å². The van der Waals surface area contributed by atoms with Gasteiger partial charge in [0, 0.05) is 24.6 Å². The number of hydrogen-bond acceptors (Lipinski definition) is 2. The van der Waals surface area contributed by atoms with Crippen LogP contribution in [0.4, 0.5) is 0 Å². The van der Waals surface area contributed by atoms with E-state index in [0.717, 1.165) is 25.7 Å². The first-order valence-electron chi connectivity index (χ1n) is 10.4. The molecule has 2 atom stereocenters. The Morgan fingerprint density at radius 1 is 0.548 bits per heavy atom. The zero-order chi connectivity index (χ0) is 22.8. The minimum atomic E-state index is -1.25. The van der Waals surface area contributed by atoms with E-state index in [1.165, 1.54) is 0 Å². The van der Waals surface area contributed by atoms with Crippen LogP contribution in [0.15, 0.2) is 88.7 Å². The maximum atomic E-state index is 13.7. The quantitative estimate of drug-likeness (QED) is 0.477. The zero-order valence-corrected chi connectivity index (χ0v) is 21.6. The van der Waals surface area contributed by atoms with Gasteiger partial charge in [0.1, 0.15) is 0 Å². The topological polar surface area (TPSA) is 34.1 Å². The Morgan fingerprint density at radius 3 is 1.23 bits per heavy atom. The van der Waals surface area contributed by atoms with Crippen LogP contribution < -0.4 is 15.9 Å². The third-order valence-electron chi connectivity index (χ3n) is 4.73. The molecule has 0 amide bonds. The largest absolute Gasteiger partial charge is 0.254 e. The summed E-state index contributed by atoms with van der Waals surface area (Å²) < 4.78 is 26.6. The monoisotopic (exact) mass is 470 g/mol. The predicted octanol–water partition coefficient (Wildman–Crippen LogP) is 5.26. The first kappa shape index (κ1) is 24.0. The van der Waals surface area contributed by atoms with Crippen LogP contribution in [0.2, 0.25) is 0 Å². The van der Waals surface area contributed by atoms with E-state index in [1.54, 1.807) is 0 Å². The average molecular weight is 471 g/mol. The highest BCUT2D eigenvalue weighted by molar-refractivity contribution is 7.90. The molecule has 0 saturated carbocycles. The summed E-state index contributed by atoms with van der Waals surface area (Å²) in [5, 5.41) is 3.29. The summed E-state index contributed by atoms with van der Waals surface area (Å²) in [4.78, 5) is 1.59. The molecule has 0 bridgehead atoms. The summed E-state index contributed by atoms with van der Waals surface area (Å²) in [6.07, 6.45) is 0. The molecule has 0 radical (unpaired) electrons. The Hall–Kier alpha value is -1.61. The molecule has 3 aromatic carbocycles. The molecular formula is C26H31O2PS2. The van der Waals surface area contributed by atoms with Crippen LogP contribution in [-0.4, -0.2) is 17.9 Å². The van der Waals surface area contributed by atoms with E-state index in [2.05, 4.69) is 24.3 Å².